The van der Waals surface area contributed by atoms with Crippen LogP contribution in [0.2, 0.25) is 0 Å². The van der Waals surface area contributed by atoms with Crippen LogP contribution in [0.3, 0.4) is 0 Å². The van der Waals surface area contributed by atoms with Crippen molar-refractivity contribution in [2.24, 2.45) is 0 Å². The summed E-state index contributed by atoms with van der Waals surface area (Å²) in [6.45, 7) is 2.01. The summed E-state index contributed by atoms with van der Waals surface area (Å²) >= 11 is 0. The number of aromatic nitrogens is 3. The van der Waals surface area contributed by atoms with Crippen LogP contribution < -0.4 is 5.32 Å². The number of fused-ring (bicyclic) bond motifs is 1. The Morgan fingerprint density at radius 3 is 2.87 bits per heavy atom. The summed E-state index contributed by atoms with van der Waals surface area (Å²) in [5.41, 5.74) is 5.13. The number of aliphatic hydroxyl groups is 1. The van der Waals surface area contributed by atoms with Crippen LogP contribution in [-0.4, -0.2) is 32.4 Å². The lowest BCUT2D eigenvalue weighted by Gasteiger charge is -2.16. The fourth-order valence-corrected chi connectivity index (χ4v) is 3.37. The number of rotatable bonds is 3. The van der Waals surface area contributed by atoms with Crippen molar-refractivity contribution < 1.29 is 5.11 Å². The fraction of sp³-hybridized carbons (Fsp3) is 0.333. The van der Waals surface area contributed by atoms with E-state index < -0.39 is 0 Å². The van der Waals surface area contributed by atoms with E-state index in [-0.39, 0.29) is 6.10 Å². The van der Waals surface area contributed by atoms with Crippen molar-refractivity contribution >= 4 is 16.6 Å². The summed E-state index contributed by atoms with van der Waals surface area (Å²) in [6.07, 6.45) is 4.28. The number of pyridine rings is 1. The Hall–Kier alpha value is -2.40. The number of nitrogens with zero attached hydrogens (tertiary/aromatic N) is 2. The van der Waals surface area contributed by atoms with Gasteiger partial charge in [0.15, 0.2) is 0 Å². The highest BCUT2D eigenvalue weighted by molar-refractivity contribution is 5.94. The van der Waals surface area contributed by atoms with E-state index in [9.17, 15) is 5.11 Å². The molecule has 1 aliphatic carbocycles. The Morgan fingerprint density at radius 2 is 2.13 bits per heavy atom. The monoisotopic (exact) mass is 308 g/mol. The molecule has 0 radical (unpaired) electrons. The number of aliphatic hydroxyl groups excluding tert-OH is 1. The van der Waals surface area contributed by atoms with E-state index in [1.54, 1.807) is 6.20 Å². The minimum absolute atomic E-state index is 0.173. The van der Waals surface area contributed by atoms with Crippen LogP contribution in [-0.2, 0) is 0 Å². The predicted octanol–water partition coefficient (Wildman–Crippen LogP) is 3.26. The molecule has 3 N–H and O–H groups in total. The second kappa shape index (κ2) is 5.66. The summed E-state index contributed by atoms with van der Waals surface area (Å²) in [4.78, 5) is 4.67. The number of hydrogen-bond acceptors (Lipinski definition) is 4. The average Bonchev–Trinajstić information content (AvgIpc) is 3.18. The minimum atomic E-state index is -0.173. The molecule has 1 aromatic carbocycles. The molecule has 0 spiro atoms. The van der Waals surface area contributed by atoms with E-state index >= 15 is 0 Å². The summed E-state index contributed by atoms with van der Waals surface area (Å²) < 4.78 is 0. The molecule has 1 aliphatic rings. The van der Waals surface area contributed by atoms with Crippen molar-refractivity contribution in [3.05, 3.63) is 42.2 Å². The highest BCUT2D eigenvalue weighted by atomic mass is 16.3. The Bertz CT molecular complexity index is 828. The Labute approximate surface area is 134 Å². The second-order valence-electron chi connectivity index (χ2n) is 6.32. The van der Waals surface area contributed by atoms with Gasteiger partial charge in [-0.3, -0.25) is 10.1 Å². The van der Waals surface area contributed by atoms with Crippen LogP contribution in [0.15, 0.2) is 36.5 Å². The number of aryl methyl sites for hydroxylation is 1. The third-order valence-electron chi connectivity index (χ3n) is 4.51. The normalized spacial score (nSPS) is 21.0. The third kappa shape index (κ3) is 2.80. The minimum Gasteiger partial charge on any atom is -0.393 e. The van der Waals surface area contributed by atoms with Crippen molar-refractivity contribution in [1.82, 2.24) is 15.2 Å². The first-order valence-electron chi connectivity index (χ1n) is 8.05. The lowest BCUT2D eigenvalue weighted by atomic mass is 10.1. The molecule has 1 saturated carbocycles. The van der Waals surface area contributed by atoms with E-state index in [0.29, 0.717) is 6.04 Å². The fourth-order valence-electron chi connectivity index (χ4n) is 3.37. The lowest BCUT2D eigenvalue weighted by Crippen LogP contribution is -2.17. The predicted molar refractivity (Wildman–Crippen MR) is 91.3 cm³/mol. The summed E-state index contributed by atoms with van der Waals surface area (Å²) in [5.74, 6) is 0. The molecule has 4 rings (SSSR count). The van der Waals surface area contributed by atoms with Gasteiger partial charge >= 0.3 is 0 Å². The van der Waals surface area contributed by atoms with Gasteiger partial charge in [-0.15, -0.1) is 0 Å². The highest BCUT2D eigenvalue weighted by Gasteiger charge is 2.23. The molecule has 1 fully saturated rings. The van der Waals surface area contributed by atoms with Gasteiger partial charge in [0.2, 0.25) is 0 Å². The average molecular weight is 308 g/mol. The van der Waals surface area contributed by atoms with E-state index in [0.717, 1.165) is 52.8 Å². The first-order chi connectivity index (χ1) is 11.2. The van der Waals surface area contributed by atoms with Gasteiger partial charge in [0, 0.05) is 34.6 Å². The van der Waals surface area contributed by atoms with E-state index in [2.05, 4.69) is 44.8 Å². The van der Waals surface area contributed by atoms with Crippen LogP contribution in [0.5, 0.6) is 0 Å². The molecule has 5 nitrogen and oxygen atoms in total. The quantitative estimate of drug-likeness (QED) is 0.694. The van der Waals surface area contributed by atoms with Crippen LogP contribution in [0.4, 0.5) is 5.69 Å². The zero-order valence-electron chi connectivity index (χ0n) is 13.1. The Balaban J connectivity index is 1.73. The van der Waals surface area contributed by atoms with Crippen LogP contribution >= 0.6 is 0 Å². The first-order valence-corrected chi connectivity index (χ1v) is 8.05. The van der Waals surface area contributed by atoms with Gasteiger partial charge in [-0.2, -0.15) is 5.10 Å². The summed E-state index contributed by atoms with van der Waals surface area (Å²) in [5, 5.41) is 21.4. The molecule has 0 aliphatic heterocycles. The van der Waals surface area contributed by atoms with Crippen LogP contribution in [0, 0.1) is 6.92 Å². The van der Waals surface area contributed by atoms with E-state index in [4.69, 9.17) is 0 Å². The smallest absolute Gasteiger partial charge is 0.0732 e. The van der Waals surface area contributed by atoms with E-state index in [1.165, 1.54) is 0 Å². The standard InChI is InChI=1S/C18H20N4O/c1-11-8-17(21-13-3-4-14(23)10-13)15-5-2-12(9-18(15)20-11)16-6-7-19-22-16/h2,5-9,13-14,23H,3-4,10H2,1H3,(H,19,22)(H,20,21)/t13-,14+/m1/s1. The van der Waals surface area contributed by atoms with Gasteiger partial charge in [0.25, 0.3) is 0 Å². The molecule has 0 bridgehead atoms. The number of H-pyrrole nitrogens is 1. The Morgan fingerprint density at radius 1 is 1.22 bits per heavy atom. The topological polar surface area (TPSA) is 73.8 Å². The molecule has 0 saturated heterocycles. The molecule has 5 heteroatoms. The molecular formula is C18H20N4O. The largest absolute Gasteiger partial charge is 0.393 e. The van der Waals surface area contributed by atoms with Crippen molar-refractivity contribution in [3.63, 3.8) is 0 Å². The van der Waals surface area contributed by atoms with E-state index in [1.807, 2.05) is 13.0 Å². The SMILES string of the molecule is Cc1cc(N[C@@H]2CC[C@H](O)C2)c2ccc(-c3ccn[nH]3)cc2n1. The highest BCUT2D eigenvalue weighted by Crippen LogP contribution is 2.30. The maximum atomic E-state index is 9.73. The van der Waals surface area contributed by atoms with Crippen LogP contribution in [0.1, 0.15) is 25.0 Å². The molecule has 0 amide bonds. The lowest BCUT2D eigenvalue weighted by molar-refractivity contribution is 0.182. The van der Waals surface area contributed by atoms with Gasteiger partial charge in [-0.25, -0.2) is 0 Å². The van der Waals surface area contributed by atoms with Gasteiger partial charge < -0.3 is 10.4 Å². The maximum absolute atomic E-state index is 9.73. The summed E-state index contributed by atoms with van der Waals surface area (Å²) in [7, 11) is 0. The number of hydrogen-bond donors (Lipinski definition) is 3. The first kappa shape index (κ1) is 14.2. The van der Waals surface area contributed by atoms with Crippen molar-refractivity contribution in [2.75, 3.05) is 5.32 Å². The Kier molecular flexibility index (Phi) is 3.50. The molecule has 23 heavy (non-hydrogen) atoms. The number of nitrogens with one attached hydrogen (secondary N) is 2. The van der Waals surface area contributed by atoms with Crippen molar-refractivity contribution in [1.29, 1.82) is 0 Å². The van der Waals surface area contributed by atoms with Gasteiger partial charge in [0.1, 0.15) is 0 Å². The van der Waals surface area contributed by atoms with Crippen LogP contribution in [0.25, 0.3) is 22.2 Å². The molecule has 3 aromatic rings. The van der Waals surface area contributed by atoms with Gasteiger partial charge in [0.05, 0.1) is 17.3 Å². The van der Waals surface area contributed by atoms with Crippen molar-refractivity contribution in [3.8, 4) is 11.3 Å². The maximum Gasteiger partial charge on any atom is 0.0732 e. The molecule has 2 atom stereocenters. The zero-order valence-corrected chi connectivity index (χ0v) is 13.1. The molecular weight excluding hydrogens is 288 g/mol. The molecule has 0 unspecified atom stereocenters. The molecule has 2 heterocycles. The van der Waals surface area contributed by atoms with Gasteiger partial charge in [-0.05, 0) is 44.4 Å². The number of aromatic amines is 1. The summed E-state index contributed by atoms with van der Waals surface area (Å²) in [6, 6.07) is 10.7. The molecule has 118 valence electrons. The number of anilines is 1. The third-order valence-corrected chi connectivity index (χ3v) is 4.51. The second-order valence-corrected chi connectivity index (χ2v) is 6.32. The molecule has 2 aromatic heterocycles. The van der Waals surface area contributed by atoms with Gasteiger partial charge in [-0.1, -0.05) is 12.1 Å². The zero-order chi connectivity index (χ0) is 15.8. The van der Waals surface area contributed by atoms with Crippen molar-refractivity contribution in [2.45, 2.75) is 38.3 Å². The number of benzene rings is 1.